The lowest BCUT2D eigenvalue weighted by atomic mass is 10.1. The van der Waals surface area contributed by atoms with E-state index in [1.165, 1.54) is 0 Å². The lowest BCUT2D eigenvalue weighted by molar-refractivity contribution is -0.384. The predicted molar refractivity (Wildman–Crippen MR) is 74.6 cm³/mol. The molecule has 20 heavy (non-hydrogen) atoms. The number of hydrogen-bond acceptors (Lipinski definition) is 4. The van der Waals surface area contributed by atoms with Gasteiger partial charge in [0.05, 0.1) is 16.0 Å². The van der Waals surface area contributed by atoms with Crippen molar-refractivity contribution in [3.8, 4) is 5.75 Å². The third kappa shape index (κ3) is 4.09. The summed E-state index contributed by atoms with van der Waals surface area (Å²) >= 11 is 5.91. The number of carboxylic acids is 1. The second-order valence-corrected chi connectivity index (χ2v) is 5.33. The van der Waals surface area contributed by atoms with Crippen molar-refractivity contribution >= 4 is 23.3 Å². The summed E-state index contributed by atoms with van der Waals surface area (Å²) in [5, 5.41) is 19.8. The lowest BCUT2D eigenvalue weighted by Crippen LogP contribution is -2.17. The van der Waals surface area contributed by atoms with Crippen LogP contribution in [0.15, 0.2) is 12.1 Å². The highest BCUT2D eigenvalue weighted by Gasteiger charge is 2.23. The lowest BCUT2D eigenvalue weighted by Gasteiger charge is -2.18. The van der Waals surface area contributed by atoms with E-state index in [0.29, 0.717) is 12.3 Å². The van der Waals surface area contributed by atoms with Crippen LogP contribution in [0.3, 0.4) is 0 Å². The molecule has 0 radical (unpaired) electrons. The summed E-state index contributed by atoms with van der Waals surface area (Å²) in [4.78, 5) is 21.2. The number of halogens is 1. The third-order valence-electron chi connectivity index (χ3n) is 2.59. The molecule has 7 heteroatoms. The Morgan fingerprint density at radius 2 is 2.05 bits per heavy atom. The molecular formula is C13H16ClNO5. The number of hydrogen-bond donors (Lipinski definition) is 1. The van der Waals surface area contributed by atoms with Crippen LogP contribution in [0.25, 0.3) is 0 Å². The number of aromatic carboxylic acids is 1. The van der Waals surface area contributed by atoms with Crippen molar-refractivity contribution in [2.24, 2.45) is 5.92 Å². The highest BCUT2D eigenvalue weighted by atomic mass is 35.5. The van der Waals surface area contributed by atoms with Gasteiger partial charge in [0.25, 0.3) is 5.69 Å². The van der Waals surface area contributed by atoms with Gasteiger partial charge in [0.15, 0.2) is 5.75 Å². The average Bonchev–Trinajstić information content (AvgIpc) is 2.29. The highest BCUT2D eigenvalue weighted by Crippen LogP contribution is 2.34. The first kappa shape index (κ1) is 16.2. The number of carboxylic acid groups (broad SMARTS) is 1. The van der Waals surface area contributed by atoms with Crippen molar-refractivity contribution in [2.75, 3.05) is 0 Å². The number of carbonyl (C=O) groups is 1. The van der Waals surface area contributed by atoms with Crippen LogP contribution >= 0.6 is 11.6 Å². The Bertz CT molecular complexity index is 530. The number of nitro groups is 1. The number of nitro benzene ring substituents is 1. The zero-order valence-electron chi connectivity index (χ0n) is 11.4. The number of non-ortho nitro benzene ring substituents is 1. The van der Waals surface area contributed by atoms with E-state index < -0.39 is 10.9 Å². The van der Waals surface area contributed by atoms with Crippen molar-refractivity contribution in [3.63, 3.8) is 0 Å². The Balaban J connectivity index is 3.18. The zero-order chi connectivity index (χ0) is 15.4. The fourth-order valence-electron chi connectivity index (χ4n) is 1.88. The van der Waals surface area contributed by atoms with Crippen molar-refractivity contribution in [1.29, 1.82) is 0 Å². The highest BCUT2D eigenvalue weighted by molar-refractivity contribution is 6.32. The van der Waals surface area contributed by atoms with Gasteiger partial charge in [0.1, 0.15) is 5.56 Å². The Kier molecular flexibility index (Phi) is 5.33. The van der Waals surface area contributed by atoms with Crippen LogP contribution in [0, 0.1) is 16.0 Å². The van der Waals surface area contributed by atoms with Crippen LogP contribution in [-0.2, 0) is 0 Å². The molecule has 0 amide bonds. The molecule has 1 unspecified atom stereocenters. The van der Waals surface area contributed by atoms with E-state index in [1.54, 1.807) is 6.92 Å². The molecule has 0 heterocycles. The molecule has 0 saturated carbocycles. The monoisotopic (exact) mass is 301 g/mol. The van der Waals surface area contributed by atoms with Crippen molar-refractivity contribution in [2.45, 2.75) is 33.3 Å². The van der Waals surface area contributed by atoms with Crippen molar-refractivity contribution < 1.29 is 19.6 Å². The molecule has 0 bridgehead atoms. The predicted octanol–water partition coefficient (Wildman–Crippen LogP) is 3.76. The average molecular weight is 302 g/mol. The fraction of sp³-hybridized carbons (Fsp3) is 0.462. The summed E-state index contributed by atoms with van der Waals surface area (Å²) in [6.45, 7) is 5.81. The molecule has 0 aliphatic carbocycles. The Labute approximate surface area is 121 Å². The third-order valence-corrected chi connectivity index (χ3v) is 2.87. The van der Waals surface area contributed by atoms with Gasteiger partial charge in [0, 0.05) is 12.1 Å². The van der Waals surface area contributed by atoms with Crippen LogP contribution in [0.1, 0.15) is 37.6 Å². The van der Waals surface area contributed by atoms with Gasteiger partial charge in [-0.3, -0.25) is 10.1 Å². The van der Waals surface area contributed by atoms with Crippen LogP contribution in [-0.4, -0.2) is 22.1 Å². The summed E-state index contributed by atoms with van der Waals surface area (Å²) in [7, 11) is 0. The molecule has 1 atom stereocenters. The van der Waals surface area contributed by atoms with E-state index in [2.05, 4.69) is 0 Å². The quantitative estimate of drug-likeness (QED) is 0.638. The number of ether oxygens (including phenoxy) is 1. The maximum absolute atomic E-state index is 11.2. The first-order valence-electron chi connectivity index (χ1n) is 6.10. The maximum atomic E-state index is 11.2. The van der Waals surface area contributed by atoms with Crippen molar-refractivity contribution in [3.05, 3.63) is 32.8 Å². The van der Waals surface area contributed by atoms with Crippen LogP contribution in [0.4, 0.5) is 5.69 Å². The molecular weight excluding hydrogens is 286 g/mol. The summed E-state index contributed by atoms with van der Waals surface area (Å²) < 4.78 is 5.55. The van der Waals surface area contributed by atoms with Crippen molar-refractivity contribution in [1.82, 2.24) is 0 Å². The fourth-order valence-corrected chi connectivity index (χ4v) is 2.13. The second-order valence-electron chi connectivity index (χ2n) is 4.92. The molecule has 0 fully saturated rings. The summed E-state index contributed by atoms with van der Waals surface area (Å²) in [5.41, 5.74) is -0.684. The minimum absolute atomic E-state index is 0.0297. The van der Waals surface area contributed by atoms with Crippen LogP contribution in [0.2, 0.25) is 5.02 Å². The number of nitrogens with zero attached hydrogens (tertiary/aromatic N) is 1. The van der Waals surface area contributed by atoms with Crippen LogP contribution < -0.4 is 4.74 Å². The molecule has 0 saturated heterocycles. The van der Waals surface area contributed by atoms with Gasteiger partial charge < -0.3 is 9.84 Å². The van der Waals surface area contributed by atoms with Gasteiger partial charge in [-0.25, -0.2) is 4.79 Å². The zero-order valence-corrected chi connectivity index (χ0v) is 12.2. The first-order valence-corrected chi connectivity index (χ1v) is 6.48. The normalized spacial score (nSPS) is 12.2. The second kappa shape index (κ2) is 6.56. The van der Waals surface area contributed by atoms with E-state index >= 15 is 0 Å². The molecule has 0 spiro atoms. The Morgan fingerprint density at radius 3 is 2.50 bits per heavy atom. The molecule has 1 aromatic rings. The summed E-state index contributed by atoms with van der Waals surface area (Å²) in [6, 6.07) is 2.04. The molecule has 1 rings (SSSR count). The molecule has 0 aromatic heterocycles. The number of benzene rings is 1. The molecule has 1 N–H and O–H groups in total. The molecule has 6 nitrogen and oxygen atoms in total. The van der Waals surface area contributed by atoms with Gasteiger partial charge in [0.2, 0.25) is 0 Å². The molecule has 1 aromatic carbocycles. The van der Waals surface area contributed by atoms with Gasteiger partial charge in [-0.1, -0.05) is 25.4 Å². The topological polar surface area (TPSA) is 89.7 Å². The van der Waals surface area contributed by atoms with Gasteiger partial charge >= 0.3 is 5.97 Å². The Morgan fingerprint density at radius 1 is 1.45 bits per heavy atom. The Hall–Kier alpha value is -1.82. The van der Waals surface area contributed by atoms with Gasteiger partial charge in [-0.15, -0.1) is 0 Å². The van der Waals surface area contributed by atoms with E-state index in [4.69, 9.17) is 21.4 Å². The minimum Gasteiger partial charge on any atom is -0.488 e. The molecule has 0 aliphatic rings. The van der Waals surface area contributed by atoms with E-state index in [-0.39, 0.29) is 28.1 Å². The summed E-state index contributed by atoms with van der Waals surface area (Å²) in [6.07, 6.45) is 0.471. The number of rotatable bonds is 6. The standard InChI is InChI=1S/C13H16ClNO5/c1-7(2)4-8(3)20-12-10(13(16)17)5-9(15(18)19)6-11(12)14/h5-8H,4H2,1-3H3,(H,16,17). The minimum atomic E-state index is -1.32. The van der Waals surface area contributed by atoms with E-state index in [0.717, 1.165) is 12.1 Å². The summed E-state index contributed by atoms with van der Waals surface area (Å²) in [5.74, 6) is -0.977. The van der Waals surface area contributed by atoms with Crippen LogP contribution in [0.5, 0.6) is 5.75 Å². The smallest absolute Gasteiger partial charge is 0.339 e. The first-order chi connectivity index (χ1) is 9.22. The maximum Gasteiger partial charge on any atom is 0.339 e. The largest absolute Gasteiger partial charge is 0.488 e. The van der Waals surface area contributed by atoms with E-state index in [1.807, 2.05) is 13.8 Å². The SMILES string of the molecule is CC(C)CC(C)Oc1c(Cl)cc([N+](=O)[O-])cc1C(=O)O. The molecule has 0 aliphatic heterocycles. The van der Waals surface area contributed by atoms with E-state index in [9.17, 15) is 14.9 Å². The van der Waals surface area contributed by atoms with Gasteiger partial charge in [-0.05, 0) is 19.3 Å². The van der Waals surface area contributed by atoms with Gasteiger partial charge in [-0.2, -0.15) is 0 Å². The molecule has 110 valence electrons.